The summed E-state index contributed by atoms with van der Waals surface area (Å²) in [7, 11) is 1.51. The molecule has 0 fully saturated rings. The van der Waals surface area contributed by atoms with E-state index in [1.54, 1.807) is 6.92 Å². The van der Waals surface area contributed by atoms with Crippen LogP contribution >= 0.6 is 15.9 Å². The van der Waals surface area contributed by atoms with Crippen molar-refractivity contribution in [3.8, 4) is 6.07 Å². The lowest BCUT2D eigenvalue weighted by molar-refractivity contribution is -0.0465. The van der Waals surface area contributed by atoms with E-state index in [1.807, 2.05) is 24.3 Å². The van der Waals surface area contributed by atoms with Gasteiger partial charge < -0.3 is 9.47 Å². The van der Waals surface area contributed by atoms with Gasteiger partial charge in [0.2, 0.25) is 0 Å². The highest BCUT2D eigenvalue weighted by atomic mass is 79.9. The molecule has 0 radical (unpaired) electrons. The number of ether oxygens (including phenoxy) is 2. The lowest BCUT2D eigenvalue weighted by atomic mass is 9.92. The van der Waals surface area contributed by atoms with Crippen LogP contribution in [0.2, 0.25) is 0 Å². The third kappa shape index (κ3) is 2.39. The third-order valence-corrected chi connectivity index (χ3v) is 4.18. The number of amides is 1. The number of nitrogens with zero attached hydrogens (tertiary/aromatic N) is 2. The summed E-state index contributed by atoms with van der Waals surface area (Å²) in [6.07, 6.45) is -1.14. The van der Waals surface area contributed by atoms with Gasteiger partial charge in [0.15, 0.2) is 12.3 Å². The maximum Gasteiger partial charge on any atom is 0.413 e. The summed E-state index contributed by atoms with van der Waals surface area (Å²) in [4.78, 5) is 13.3. The fraction of sp³-hybridized carbons (Fsp3) is 0.429. The number of nitriles is 1. The minimum absolute atomic E-state index is 0.210. The Morgan fingerprint density at radius 3 is 2.65 bits per heavy atom. The maximum atomic E-state index is 12.1. The third-order valence-electron chi connectivity index (χ3n) is 3.23. The first kappa shape index (κ1) is 14.8. The Kier molecular flexibility index (Phi) is 4.63. The minimum atomic E-state index is -0.719. The number of hydrogen-bond acceptors (Lipinski definition) is 4. The first-order valence-electron chi connectivity index (χ1n) is 6.26. The molecule has 0 saturated heterocycles. The van der Waals surface area contributed by atoms with Crippen LogP contribution < -0.4 is 0 Å². The molecule has 0 saturated carbocycles. The monoisotopic (exact) mass is 338 g/mol. The van der Waals surface area contributed by atoms with Crippen LogP contribution in [0.25, 0.3) is 0 Å². The molecule has 20 heavy (non-hydrogen) atoms. The molecule has 3 atom stereocenters. The molecular weight excluding hydrogens is 324 g/mol. The number of rotatable bonds is 2. The predicted molar refractivity (Wildman–Crippen MR) is 76.1 cm³/mol. The molecule has 1 aromatic carbocycles. The van der Waals surface area contributed by atoms with E-state index in [0.717, 1.165) is 11.1 Å². The lowest BCUT2D eigenvalue weighted by Crippen LogP contribution is -2.49. The van der Waals surface area contributed by atoms with Gasteiger partial charge in [0, 0.05) is 7.11 Å². The lowest BCUT2D eigenvalue weighted by Gasteiger charge is -2.41. The Balaban J connectivity index is 2.51. The van der Waals surface area contributed by atoms with Gasteiger partial charge in [0.1, 0.15) is 0 Å². The maximum absolute atomic E-state index is 12.1. The zero-order valence-corrected chi connectivity index (χ0v) is 12.8. The standard InChI is InChI=1S/C14H15BrN2O3/c1-3-20-14(18)17-11(8-16)9-6-4-5-7-10(9)12(15)13(17)19-2/h4-7,11-13H,3H2,1-2H3. The van der Waals surface area contributed by atoms with Gasteiger partial charge in [-0.3, -0.25) is 4.90 Å². The Morgan fingerprint density at radius 1 is 1.45 bits per heavy atom. The van der Waals surface area contributed by atoms with Crippen molar-refractivity contribution in [2.45, 2.75) is 24.0 Å². The van der Waals surface area contributed by atoms with Crippen LogP contribution in [0.1, 0.15) is 28.9 Å². The normalized spacial score (nSPS) is 24.7. The van der Waals surface area contributed by atoms with Crippen molar-refractivity contribution in [2.75, 3.05) is 13.7 Å². The number of alkyl halides is 1. The highest BCUT2D eigenvalue weighted by Crippen LogP contribution is 2.43. The fourth-order valence-corrected chi connectivity index (χ4v) is 3.26. The van der Waals surface area contributed by atoms with Crippen molar-refractivity contribution in [3.63, 3.8) is 0 Å². The second kappa shape index (κ2) is 6.25. The topological polar surface area (TPSA) is 62.6 Å². The highest BCUT2D eigenvalue weighted by Gasteiger charge is 2.43. The first-order chi connectivity index (χ1) is 9.65. The van der Waals surface area contributed by atoms with Crippen LogP contribution in [0, 0.1) is 11.3 Å². The molecule has 0 bridgehead atoms. The summed E-state index contributed by atoms with van der Waals surface area (Å²) in [6.45, 7) is 1.98. The molecule has 1 heterocycles. The van der Waals surface area contributed by atoms with Crippen LogP contribution in [-0.4, -0.2) is 30.9 Å². The van der Waals surface area contributed by atoms with E-state index in [-0.39, 0.29) is 11.4 Å². The van der Waals surface area contributed by atoms with E-state index in [2.05, 4.69) is 22.0 Å². The quantitative estimate of drug-likeness (QED) is 0.777. The zero-order valence-electron chi connectivity index (χ0n) is 11.2. The summed E-state index contributed by atoms with van der Waals surface area (Å²) in [5.41, 5.74) is 1.74. The smallest absolute Gasteiger partial charge is 0.413 e. The van der Waals surface area contributed by atoms with Gasteiger partial charge in [0.25, 0.3) is 0 Å². The number of carbonyl (C=O) groups is 1. The van der Waals surface area contributed by atoms with Gasteiger partial charge in [-0.25, -0.2) is 4.79 Å². The van der Waals surface area contributed by atoms with Crippen molar-refractivity contribution in [1.29, 1.82) is 5.26 Å². The molecule has 1 aliphatic rings. The summed E-state index contributed by atoms with van der Waals surface area (Å²) >= 11 is 3.55. The number of benzene rings is 1. The SMILES string of the molecule is CCOC(=O)N1C(C#N)c2ccccc2C(Br)C1OC. The van der Waals surface area contributed by atoms with Crippen molar-refractivity contribution in [1.82, 2.24) is 4.90 Å². The molecule has 1 amide bonds. The Hall–Kier alpha value is -1.58. The van der Waals surface area contributed by atoms with E-state index in [1.165, 1.54) is 12.0 Å². The molecule has 6 heteroatoms. The molecule has 0 N–H and O–H groups in total. The van der Waals surface area contributed by atoms with E-state index < -0.39 is 18.4 Å². The van der Waals surface area contributed by atoms with Gasteiger partial charge in [0.05, 0.1) is 17.5 Å². The van der Waals surface area contributed by atoms with E-state index in [0.29, 0.717) is 0 Å². The first-order valence-corrected chi connectivity index (χ1v) is 7.17. The van der Waals surface area contributed by atoms with Gasteiger partial charge in [-0.05, 0) is 18.1 Å². The van der Waals surface area contributed by atoms with E-state index >= 15 is 0 Å². The fourth-order valence-electron chi connectivity index (χ4n) is 2.37. The zero-order chi connectivity index (χ0) is 14.7. The number of fused-ring (bicyclic) bond motifs is 1. The average molecular weight is 339 g/mol. The molecule has 1 aromatic rings. The summed E-state index contributed by atoms with van der Waals surface area (Å²) in [5, 5.41) is 9.45. The second-order valence-electron chi connectivity index (χ2n) is 4.29. The average Bonchev–Trinajstić information content (AvgIpc) is 2.47. The van der Waals surface area contributed by atoms with Crippen molar-refractivity contribution in [3.05, 3.63) is 35.4 Å². The minimum Gasteiger partial charge on any atom is -0.450 e. The predicted octanol–water partition coefficient (Wildman–Crippen LogP) is 3.13. The Labute approximate surface area is 126 Å². The Bertz CT molecular complexity index is 543. The number of halogens is 1. The van der Waals surface area contributed by atoms with Crippen LogP contribution in [-0.2, 0) is 9.47 Å². The molecule has 106 valence electrons. The highest BCUT2D eigenvalue weighted by molar-refractivity contribution is 9.09. The molecule has 3 unspecified atom stereocenters. The van der Waals surface area contributed by atoms with Gasteiger partial charge in [-0.2, -0.15) is 5.26 Å². The molecule has 0 spiro atoms. The molecule has 0 aliphatic carbocycles. The van der Waals surface area contributed by atoms with Gasteiger partial charge >= 0.3 is 6.09 Å². The molecule has 5 nitrogen and oxygen atoms in total. The largest absolute Gasteiger partial charge is 0.450 e. The van der Waals surface area contributed by atoms with Crippen molar-refractivity contribution < 1.29 is 14.3 Å². The van der Waals surface area contributed by atoms with Crippen LogP contribution in [0.4, 0.5) is 4.79 Å². The van der Waals surface area contributed by atoms with Crippen LogP contribution in [0.15, 0.2) is 24.3 Å². The van der Waals surface area contributed by atoms with Crippen molar-refractivity contribution >= 4 is 22.0 Å². The molecular formula is C14H15BrN2O3. The Morgan fingerprint density at radius 2 is 2.10 bits per heavy atom. The van der Waals surface area contributed by atoms with Crippen LogP contribution in [0.5, 0.6) is 0 Å². The van der Waals surface area contributed by atoms with Gasteiger partial charge in [-0.1, -0.05) is 40.2 Å². The van der Waals surface area contributed by atoms with E-state index in [4.69, 9.17) is 9.47 Å². The summed E-state index contributed by atoms with van der Waals surface area (Å²) in [5.74, 6) is 0. The number of carbonyl (C=O) groups excluding carboxylic acids is 1. The van der Waals surface area contributed by atoms with Crippen molar-refractivity contribution in [2.24, 2.45) is 0 Å². The van der Waals surface area contributed by atoms with Gasteiger partial charge in [-0.15, -0.1) is 0 Å². The number of hydrogen-bond donors (Lipinski definition) is 0. The van der Waals surface area contributed by atoms with Crippen LogP contribution in [0.3, 0.4) is 0 Å². The molecule has 1 aliphatic heterocycles. The summed E-state index contributed by atoms with van der Waals surface area (Å²) < 4.78 is 10.4. The molecule has 2 rings (SSSR count). The number of methoxy groups -OCH3 is 1. The second-order valence-corrected chi connectivity index (χ2v) is 5.28. The van der Waals surface area contributed by atoms with E-state index in [9.17, 15) is 10.1 Å². The summed E-state index contributed by atoms with van der Waals surface area (Å²) in [6, 6.07) is 8.95. The molecule has 0 aromatic heterocycles.